The van der Waals surface area contributed by atoms with Crippen LogP contribution in [-0.2, 0) is 0 Å². The van der Waals surface area contributed by atoms with Crippen LogP contribution in [0.5, 0.6) is 0 Å². The van der Waals surface area contributed by atoms with Crippen molar-refractivity contribution in [2.24, 2.45) is 5.73 Å². The lowest BCUT2D eigenvalue weighted by Gasteiger charge is -2.26. The Balaban J connectivity index is 3.98. The van der Waals surface area contributed by atoms with Gasteiger partial charge in [-0.05, 0) is 6.92 Å². The van der Waals surface area contributed by atoms with E-state index in [0.717, 1.165) is 0 Å². The van der Waals surface area contributed by atoms with Gasteiger partial charge in [0.1, 0.15) is 0 Å². The molecule has 0 aliphatic carbocycles. The van der Waals surface area contributed by atoms with Crippen molar-refractivity contribution in [3.8, 4) is 0 Å². The Morgan fingerprint density at radius 2 is 1.83 bits per heavy atom. The average molecular weight is 192 g/mol. The van der Waals surface area contributed by atoms with E-state index in [-0.39, 0.29) is 19.3 Å². The van der Waals surface area contributed by atoms with Gasteiger partial charge < -0.3 is 15.9 Å². The molecule has 0 aliphatic heterocycles. The molecule has 0 aliphatic rings. The normalized spacial score (nSPS) is 13.3. The quantitative estimate of drug-likeness (QED) is 0.468. The summed E-state index contributed by atoms with van der Waals surface area (Å²) in [6, 6.07) is -0.0701. The lowest BCUT2D eigenvalue weighted by molar-refractivity contribution is 0.151. The second-order valence-electron chi connectivity index (χ2n) is 2.56. The first-order chi connectivity index (χ1) is 5.63. The Kier molecular flexibility index (Phi) is 6.18. The van der Waals surface area contributed by atoms with Gasteiger partial charge in [-0.1, -0.05) is 12.2 Å². The van der Waals surface area contributed by atoms with E-state index in [9.17, 15) is 0 Å². The van der Waals surface area contributed by atoms with E-state index < -0.39 is 0 Å². The highest BCUT2D eigenvalue weighted by Gasteiger charge is 2.14. The van der Waals surface area contributed by atoms with E-state index in [2.05, 4.69) is 0 Å². The second kappa shape index (κ2) is 6.30. The smallest absolute Gasteiger partial charge is 0.0899 e. The Morgan fingerprint density at radius 1 is 1.42 bits per heavy atom. The van der Waals surface area contributed by atoms with Crippen LogP contribution in [0.2, 0.25) is 0 Å². The summed E-state index contributed by atoms with van der Waals surface area (Å²) in [5.74, 6) is 0. The standard InChI is InChI=1S/C7H16N2O2S/c1-6(7(8)12)9(2-4-10)3-5-11/h6,10-11H,2-5H2,1H3,(H2,8,12). The van der Waals surface area contributed by atoms with Gasteiger partial charge in [0.05, 0.1) is 24.2 Å². The molecule has 1 atom stereocenters. The fraction of sp³-hybridized carbons (Fsp3) is 0.857. The average Bonchev–Trinajstić information content (AvgIpc) is 2.03. The molecule has 4 N–H and O–H groups in total. The van der Waals surface area contributed by atoms with Gasteiger partial charge in [-0.25, -0.2) is 0 Å². The van der Waals surface area contributed by atoms with Gasteiger partial charge in [-0.2, -0.15) is 0 Å². The monoisotopic (exact) mass is 192 g/mol. The summed E-state index contributed by atoms with van der Waals surface area (Å²) in [7, 11) is 0. The maximum absolute atomic E-state index is 8.69. The van der Waals surface area contributed by atoms with Crippen molar-refractivity contribution >= 4 is 17.2 Å². The zero-order valence-electron chi connectivity index (χ0n) is 7.23. The van der Waals surface area contributed by atoms with Crippen molar-refractivity contribution < 1.29 is 10.2 Å². The van der Waals surface area contributed by atoms with Crippen LogP contribution in [0.1, 0.15) is 6.92 Å². The zero-order valence-corrected chi connectivity index (χ0v) is 8.05. The molecule has 4 nitrogen and oxygen atoms in total. The first-order valence-electron chi connectivity index (χ1n) is 3.88. The summed E-state index contributed by atoms with van der Waals surface area (Å²) in [6.45, 7) is 2.92. The molecular weight excluding hydrogens is 176 g/mol. The predicted molar refractivity (Wildman–Crippen MR) is 52.0 cm³/mol. The molecule has 0 aromatic heterocycles. The number of hydrogen-bond donors (Lipinski definition) is 3. The van der Waals surface area contributed by atoms with Crippen LogP contribution in [0.15, 0.2) is 0 Å². The summed E-state index contributed by atoms with van der Waals surface area (Å²) in [5.41, 5.74) is 5.42. The first kappa shape index (κ1) is 11.8. The maximum Gasteiger partial charge on any atom is 0.0899 e. The van der Waals surface area contributed by atoms with Crippen molar-refractivity contribution in [3.05, 3.63) is 0 Å². The molecule has 1 unspecified atom stereocenters. The third-order valence-corrected chi connectivity index (χ3v) is 2.08. The van der Waals surface area contributed by atoms with Crippen molar-refractivity contribution in [1.29, 1.82) is 0 Å². The van der Waals surface area contributed by atoms with Crippen molar-refractivity contribution in [2.45, 2.75) is 13.0 Å². The van der Waals surface area contributed by atoms with E-state index in [1.807, 2.05) is 11.8 Å². The van der Waals surface area contributed by atoms with Gasteiger partial charge in [0.2, 0.25) is 0 Å². The predicted octanol–water partition coefficient (Wildman–Crippen LogP) is -1.05. The second-order valence-corrected chi connectivity index (χ2v) is 3.03. The summed E-state index contributed by atoms with van der Waals surface area (Å²) >= 11 is 4.80. The highest BCUT2D eigenvalue weighted by atomic mass is 32.1. The van der Waals surface area contributed by atoms with Gasteiger partial charge in [0.25, 0.3) is 0 Å². The van der Waals surface area contributed by atoms with Crippen molar-refractivity contribution in [3.63, 3.8) is 0 Å². The van der Waals surface area contributed by atoms with Gasteiger partial charge in [0.15, 0.2) is 0 Å². The molecule has 0 bridgehead atoms. The largest absolute Gasteiger partial charge is 0.395 e. The van der Waals surface area contributed by atoms with Crippen molar-refractivity contribution in [2.75, 3.05) is 26.3 Å². The molecule has 0 aromatic rings. The Morgan fingerprint density at radius 3 is 2.08 bits per heavy atom. The molecule has 0 saturated heterocycles. The molecule has 0 radical (unpaired) electrons. The SMILES string of the molecule is CC(C(N)=S)N(CCO)CCO. The molecular formula is C7H16N2O2S. The van der Waals surface area contributed by atoms with Crippen LogP contribution < -0.4 is 5.73 Å². The number of rotatable bonds is 6. The Hall–Kier alpha value is -0.230. The van der Waals surface area contributed by atoms with Crippen LogP contribution in [0, 0.1) is 0 Å². The molecule has 0 amide bonds. The highest BCUT2D eigenvalue weighted by Crippen LogP contribution is 1.97. The minimum Gasteiger partial charge on any atom is -0.395 e. The third-order valence-electron chi connectivity index (χ3n) is 1.73. The van der Waals surface area contributed by atoms with E-state index in [1.54, 1.807) is 0 Å². The number of thiocarbonyl (C=S) groups is 1. The summed E-state index contributed by atoms with van der Waals surface area (Å²) in [4.78, 5) is 2.22. The number of nitrogens with two attached hydrogens (primary N) is 1. The molecule has 72 valence electrons. The van der Waals surface area contributed by atoms with Gasteiger partial charge in [-0.3, -0.25) is 4.90 Å². The number of aliphatic hydroxyl groups excluding tert-OH is 2. The lowest BCUT2D eigenvalue weighted by atomic mass is 10.3. The fourth-order valence-electron chi connectivity index (χ4n) is 0.936. The van der Waals surface area contributed by atoms with Crippen LogP contribution in [0.25, 0.3) is 0 Å². The van der Waals surface area contributed by atoms with E-state index in [4.69, 9.17) is 28.2 Å². The number of hydrogen-bond acceptors (Lipinski definition) is 4. The molecule has 0 fully saturated rings. The molecule has 0 spiro atoms. The minimum atomic E-state index is -0.0701. The van der Waals surface area contributed by atoms with E-state index in [0.29, 0.717) is 18.1 Å². The molecule has 0 heterocycles. The molecule has 0 rings (SSSR count). The number of nitrogens with zero attached hydrogens (tertiary/aromatic N) is 1. The van der Waals surface area contributed by atoms with E-state index in [1.165, 1.54) is 0 Å². The topological polar surface area (TPSA) is 69.7 Å². The molecule has 12 heavy (non-hydrogen) atoms. The Bertz CT molecular complexity index is 137. The van der Waals surface area contributed by atoms with Crippen LogP contribution in [-0.4, -0.2) is 52.4 Å². The van der Waals surface area contributed by atoms with Gasteiger partial charge in [-0.15, -0.1) is 0 Å². The van der Waals surface area contributed by atoms with Crippen molar-refractivity contribution in [1.82, 2.24) is 4.90 Å². The Labute approximate surface area is 78.0 Å². The van der Waals surface area contributed by atoms with Crippen LogP contribution in [0.4, 0.5) is 0 Å². The third kappa shape index (κ3) is 3.96. The first-order valence-corrected chi connectivity index (χ1v) is 4.29. The van der Waals surface area contributed by atoms with Gasteiger partial charge in [0, 0.05) is 13.1 Å². The zero-order chi connectivity index (χ0) is 9.56. The minimum absolute atomic E-state index is 0.0486. The summed E-state index contributed by atoms with van der Waals surface area (Å²) in [6.07, 6.45) is 0. The number of aliphatic hydroxyl groups is 2. The van der Waals surface area contributed by atoms with Gasteiger partial charge >= 0.3 is 0 Å². The highest BCUT2D eigenvalue weighted by molar-refractivity contribution is 7.80. The summed E-state index contributed by atoms with van der Waals surface area (Å²) < 4.78 is 0. The molecule has 0 aromatic carbocycles. The lowest BCUT2D eigenvalue weighted by Crippen LogP contribution is -2.44. The fourth-order valence-corrected chi connectivity index (χ4v) is 1.09. The van der Waals surface area contributed by atoms with Crippen LogP contribution in [0.3, 0.4) is 0 Å². The molecule has 5 heteroatoms. The van der Waals surface area contributed by atoms with Crippen LogP contribution >= 0.6 is 12.2 Å². The summed E-state index contributed by atoms with van der Waals surface area (Å²) in [5, 5.41) is 17.4. The molecule has 0 saturated carbocycles. The van der Waals surface area contributed by atoms with E-state index >= 15 is 0 Å². The maximum atomic E-state index is 8.69.